The van der Waals surface area contributed by atoms with Gasteiger partial charge in [0.05, 0.1) is 5.57 Å². The molecule has 3 N–H and O–H groups in total. The number of ketones is 1. The van der Waals surface area contributed by atoms with Crippen LogP contribution in [0.5, 0.6) is 0 Å². The number of benzene rings is 1. The molecule has 0 saturated carbocycles. The largest absolute Gasteiger partial charge is 0.384 e. The van der Waals surface area contributed by atoms with Crippen LogP contribution in [0, 0.1) is 11.3 Å². The molecular weight excluding hydrogens is 446 g/mol. The Bertz CT molecular complexity index is 1220. The molecule has 1 aliphatic carbocycles. The van der Waals surface area contributed by atoms with Crippen LogP contribution in [0.2, 0.25) is 0 Å². The third kappa shape index (κ3) is 2.27. The highest BCUT2D eigenvalue weighted by Gasteiger charge is 2.60. The average Bonchev–Trinajstić information content (AvgIpc) is 3.02. The van der Waals surface area contributed by atoms with E-state index in [2.05, 4.69) is 32.3 Å². The van der Waals surface area contributed by atoms with Gasteiger partial charge in [0.1, 0.15) is 23.1 Å². The summed E-state index contributed by atoms with van der Waals surface area (Å²) in [6.45, 7) is 0. The second-order valence-electron chi connectivity index (χ2n) is 7.39. The van der Waals surface area contributed by atoms with Crippen LogP contribution in [0.4, 0.5) is 11.5 Å². The first-order chi connectivity index (χ1) is 14.5. The maximum absolute atomic E-state index is 13.4. The van der Waals surface area contributed by atoms with Gasteiger partial charge < -0.3 is 11.1 Å². The summed E-state index contributed by atoms with van der Waals surface area (Å²) in [6, 6.07) is 12.9. The van der Waals surface area contributed by atoms with E-state index >= 15 is 0 Å². The number of para-hydroxylation sites is 1. The fourth-order valence-electron chi connectivity index (χ4n) is 4.71. The van der Waals surface area contributed by atoms with E-state index in [0.717, 1.165) is 4.47 Å². The Balaban J connectivity index is 1.87. The maximum Gasteiger partial charge on any atom is 0.245 e. The van der Waals surface area contributed by atoms with Gasteiger partial charge in [-0.3, -0.25) is 14.5 Å². The predicted molar refractivity (Wildman–Crippen MR) is 114 cm³/mol. The van der Waals surface area contributed by atoms with Crippen molar-refractivity contribution in [3.05, 3.63) is 75.3 Å². The molecule has 3 heterocycles. The highest BCUT2D eigenvalue weighted by atomic mass is 79.9. The minimum atomic E-state index is -1.53. The number of anilines is 2. The number of fused-ring (bicyclic) bond motifs is 3. The van der Waals surface area contributed by atoms with Gasteiger partial charge in [-0.05, 0) is 47.0 Å². The number of nitrogens with two attached hydrogens (primary N) is 1. The molecule has 8 heteroatoms. The molecule has 1 aromatic heterocycles. The number of pyridine rings is 1. The first-order valence-electron chi connectivity index (χ1n) is 9.50. The van der Waals surface area contributed by atoms with Crippen molar-refractivity contribution >= 4 is 39.1 Å². The van der Waals surface area contributed by atoms with Crippen LogP contribution in [0.15, 0.2) is 69.7 Å². The molecule has 2 aromatic rings. The van der Waals surface area contributed by atoms with E-state index in [4.69, 9.17) is 5.73 Å². The van der Waals surface area contributed by atoms with Crippen molar-refractivity contribution in [2.75, 3.05) is 10.2 Å². The molecule has 1 atom stereocenters. The van der Waals surface area contributed by atoms with E-state index in [1.165, 1.54) is 0 Å². The van der Waals surface area contributed by atoms with Crippen molar-refractivity contribution in [1.29, 1.82) is 5.26 Å². The molecule has 7 nitrogen and oxygen atoms in total. The van der Waals surface area contributed by atoms with E-state index < -0.39 is 11.3 Å². The minimum absolute atomic E-state index is 0.0451. The Morgan fingerprint density at radius 1 is 1.20 bits per heavy atom. The zero-order chi connectivity index (χ0) is 21.0. The number of nitrogens with zero attached hydrogens (tertiary/aromatic N) is 3. The van der Waals surface area contributed by atoms with Gasteiger partial charge >= 0.3 is 0 Å². The molecule has 30 heavy (non-hydrogen) atoms. The molecule has 2 aliphatic heterocycles. The predicted octanol–water partition coefficient (Wildman–Crippen LogP) is 3.26. The Labute approximate surface area is 181 Å². The molecule has 148 valence electrons. The molecule has 1 spiro atoms. The Kier molecular flexibility index (Phi) is 4.05. The van der Waals surface area contributed by atoms with Crippen molar-refractivity contribution in [3.63, 3.8) is 0 Å². The number of carbonyl (C=O) groups excluding carboxylic acids is 2. The van der Waals surface area contributed by atoms with Crippen molar-refractivity contribution in [2.24, 2.45) is 5.73 Å². The van der Waals surface area contributed by atoms with Crippen LogP contribution >= 0.6 is 15.9 Å². The number of rotatable bonds is 1. The molecule has 0 fully saturated rings. The summed E-state index contributed by atoms with van der Waals surface area (Å²) in [6.07, 6.45) is 3.13. The van der Waals surface area contributed by atoms with E-state index in [0.29, 0.717) is 47.6 Å². The van der Waals surface area contributed by atoms with Crippen LogP contribution in [-0.4, -0.2) is 16.7 Å². The molecule has 5 rings (SSSR count). The fourth-order valence-corrected chi connectivity index (χ4v) is 4.94. The van der Waals surface area contributed by atoms with Crippen LogP contribution < -0.4 is 16.0 Å². The molecule has 1 amide bonds. The fraction of sp³-hybridized carbons (Fsp3) is 0.182. The number of halogens is 1. The molecule has 1 aromatic carbocycles. The van der Waals surface area contributed by atoms with Gasteiger partial charge in [0.15, 0.2) is 5.78 Å². The van der Waals surface area contributed by atoms with Crippen LogP contribution in [-0.2, 0) is 15.0 Å². The monoisotopic (exact) mass is 461 g/mol. The lowest BCUT2D eigenvalue weighted by atomic mass is 9.64. The third-order valence-corrected chi connectivity index (χ3v) is 6.34. The van der Waals surface area contributed by atoms with Gasteiger partial charge in [-0.1, -0.05) is 18.2 Å². The summed E-state index contributed by atoms with van der Waals surface area (Å²) >= 11 is 3.37. The number of amides is 1. The van der Waals surface area contributed by atoms with E-state index in [1.54, 1.807) is 41.4 Å². The highest BCUT2D eigenvalue weighted by Crippen LogP contribution is 2.54. The van der Waals surface area contributed by atoms with Crippen LogP contribution in [0.25, 0.3) is 0 Å². The molecular formula is C22H16BrN5O2. The summed E-state index contributed by atoms with van der Waals surface area (Å²) in [5, 5.41) is 13.0. The number of nitriles is 1. The van der Waals surface area contributed by atoms with E-state index in [9.17, 15) is 14.9 Å². The lowest BCUT2D eigenvalue weighted by molar-refractivity contribution is -0.122. The lowest BCUT2D eigenvalue weighted by Gasteiger charge is -2.43. The Morgan fingerprint density at radius 2 is 2.00 bits per heavy atom. The summed E-state index contributed by atoms with van der Waals surface area (Å²) in [5.41, 5.74) is 7.17. The van der Waals surface area contributed by atoms with E-state index in [1.807, 2.05) is 6.07 Å². The molecule has 3 aliphatic rings. The number of nitrogens with one attached hydrogen (secondary N) is 1. The quantitative estimate of drug-likeness (QED) is 0.673. The van der Waals surface area contributed by atoms with Crippen molar-refractivity contribution < 1.29 is 9.59 Å². The van der Waals surface area contributed by atoms with Gasteiger partial charge in [0.2, 0.25) is 5.91 Å². The smallest absolute Gasteiger partial charge is 0.245 e. The third-order valence-electron chi connectivity index (χ3n) is 5.87. The normalized spacial score (nSPS) is 22.7. The number of carbonyl (C=O) groups is 2. The topological polar surface area (TPSA) is 112 Å². The standard InChI is InChI=1S/C22H16BrN5O2/c23-12-8-9-18(26-11-12)28-16-6-3-7-17(29)19(16)22(14(10-24)20(28)25)13-4-1-2-5-15(13)27-21(22)30/h1-2,4-5,8-9,11H,3,6-7,25H2,(H,27,30). The van der Waals surface area contributed by atoms with Crippen molar-refractivity contribution in [2.45, 2.75) is 24.7 Å². The number of hydrogen-bond acceptors (Lipinski definition) is 6. The van der Waals surface area contributed by atoms with Gasteiger partial charge in [0, 0.05) is 39.6 Å². The Morgan fingerprint density at radius 3 is 2.73 bits per heavy atom. The second kappa shape index (κ2) is 6.54. The summed E-state index contributed by atoms with van der Waals surface area (Å²) in [5.74, 6) is 0.0413. The van der Waals surface area contributed by atoms with Crippen LogP contribution in [0.3, 0.4) is 0 Å². The van der Waals surface area contributed by atoms with E-state index in [-0.39, 0.29) is 17.2 Å². The second-order valence-corrected chi connectivity index (χ2v) is 8.31. The average molecular weight is 462 g/mol. The molecule has 0 saturated heterocycles. The summed E-state index contributed by atoms with van der Waals surface area (Å²) in [4.78, 5) is 32.8. The SMILES string of the molecule is N#CC1=C(N)N(c2ccc(Br)cn2)C2=C(C(=O)CCC2)C12C(=O)Nc1ccccc12. The maximum atomic E-state index is 13.4. The number of aromatic nitrogens is 1. The van der Waals surface area contributed by atoms with Gasteiger partial charge in [-0.2, -0.15) is 5.26 Å². The number of hydrogen-bond donors (Lipinski definition) is 2. The first-order valence-corrected chi connectivity index (χ1v) is 10.3. The van der Waals surface area contributed by atoms with Crippen molar-refractivity contribution in [1.82, 2.24) is 4.98 Å². The molecule has 0 radical (unpaired) electrons. The zero-order valence-corrected chi connectivity index (χ0v) is 17.4. The van der Waals surface area contributed by atoms with Gasteiger partial charge in [0.25, 0.3) is 0 Å². The number of Topliss-reactive ketones (excluding diaryl/α,β-unsaturated/α-hetero) is 1. The lowest BCUT2D eigenvalue weighted by Crippen LogP contribution is -2.50. The summed E-state index contributed by atoms with van der Waals surface area (Å²) < 4.78 is 0.792. The molecule has 0 bridgehead atoms. The van der Waals surface area contributed by atoms with Gasteiger partial charge in [-0.15, -0.1) is 0 Å². The number of allylic oxidation sites excluding steroid dienone is 1. The highest BCUT2D eigenvalue weighted by molar-refractivity contribution is 9.10. The van der Waals surface area contributed by atoms with Crippen LogP contribution in [0.1, 0.15) is 24.8 Å². The zero-order valence-electron chi connectivity index (χ0n) is 15.8. The van der Waals surface area contributed by atoms with Crippen molar-refractivity contribution in [3.8, 4) is 6.07 Å². The Hall–Kier alpha value is -3.44. The first kappa shape index (κ1) is 18.6. The summed E-state index contributed by atoms with van der Waals surface area (Å²) in [7, 11) is 0. The van der Waals surface area contributed by atoms with Gasteiger partial charge in [-0.25, -0.2) is 4.98 Å². The molecule has 1 unspecified atom stereocenters. The minimum Gasteiger partial charge on any atom is -0.384 e.